The third-order valence-corrected chi connectivity index (χ3v) is 3.82. The van der Waals surface area contributed by atoms with Crippen LogP contribution in [0.5, 0.6) is 0 Å². The summed E-state index contributed by atoms with van der Waals surface area (Å²) in [5.74, 6) is 4.99. The van der Waals surface area contributed by atoms with Crippen molar-refractivity contribution in [2.24, 2.45) is 5.84 Å². The molecule has 0 aliphatic heterocycles. The van der Waals surface area contributed by atoms with Crippen LogP contribution in [0.15, 0.2) is 41.1 Å². The molecular weight excluding hydrogens is 321 g/mol. The number of pyridine rings is 1. The van der Waals surface area contributed by atoms with Gasteiger partial charge in [-0.05, 0) is 33.6 Å². The highest BCUT2D eigenvalue weighted by Crippen LogP contribution is 2.32. The molecule has 1 heterocycles. The van der Waals surface area contributed by atoms with Crippen LogP contribution in [0, 0.1) is 5.82 Å². The number of nitrogens with zero attached hydrogens (tertiary/aromatic N) is 1. The molecule has 0 amide bonds. The Morgan fingerprint density at radius 2 is 2.17 bits per heavy atom. The Bertz CT molecular complexity index is 551. The maximum Gasteiger partial charge on any atom is 0.148 e. The number of aromatic nitrogens is 1. The van der Waals surface area contributed by atoms with E-state index in [4.69, 9.17) is 17.4 Å². The molecule has 1 atom stereocenters. The number of nitrogens with two attached hydrogens (primary N) is 1. The van der Waals surface area contributed by atoms with Gasteiger partial charge in [0.05, 0.1) is 11.1 Å². The highest BCUT2D eigenvalue weighted by molar-refractivity contribution is 9.10. The van der Waals surface area contributed by atoms with E-state index in [2.05, 4.69) is 26.3 Å². The van der Waals surface area contributed by atoms with Crippen LogP contribution < -0.4 is 11.3 Å². The topological polar surface area (TPSA) is 50.9 Å². The molecule has 0 aliphatic rings. The lowest BCUT2D eigenvalue weighted by atomic mass is 10.0. The van der Waals surface area contributed by atoms with E-state index >= 15 is 0 Å². The van der Waals surface area contributed by atoms with Crippen molar-refractivity contribution < 1.29 is 4.39 Å². The zero-order chi connectivity index (χ0) is 13.1. The first kappa shape index (κ1) is 13.4. The molecule has 0 aliphatic carbocycles. The number of hydrogen-bond donors (Lipinski definition) is 2. The van der Waals surface area contributed by atoms with Gasteiger partial charge in [0.15, 0.2) is 0 Å². The Kier molecular flexibility index (Phi) is 4.29. The average molecular weight is 331 g/mol. The smallest absolute Gasteiger partial charge is 0.148 e. The summed E-state index contributed by atoms with van der Waals surface area (Å²) < 4.78 is 14.6. The Labute approximate surface area is 117 Å². The van der Waals surface area contributed by atoms with Gasteiger partial charge in [0.25, 0.3) is 0 Å². The number of benzene rings is 1. The second kappa shape index (κ2) is 5.75. The number of hydrogen-bond acceptors (Lipinski definition) is 3. The summed E-state index contributed by atoms with van der Waals surface area (Å²) in [6.45, 7) is 0. The summed E-state index contributed by atoms with van der Waals surface area (Å²) >= 11 is 9.04. The fourth-order valence-electron chi connectivity index (χ4n) is 1.68. The molecule has 6 heteroatoms. The molecule has 1 aromatic carbocycles. The zero-order valence-electron chi connectivity index (χ0n) is 9.20. The van der Waals surface area contributed by atoms with Crippen molar-refractivity contribution in [1.29, 1.82) is 0 Å². The van der Waals surface area contributed by atoms with E-state index in [-0.39, 0.29) is 5.02 Å². The van der Waals surface area contributed by atoms with E-state index in [1.165, 1.54) is 0 Å². The minimum Gasteiger partial charge on any atom is -0.271 e. The Morgan fingerprint density at radius 1 is 1.39 bits per heavy atom. The Morgan fingerprint density at radius 3 is 2.78 bits per heavy atom. The van der Waals surface area contributed by atoms with Gasteiger partial charge in [-0.15, -0.1) is 0 Å². The molecular formula is C12H10BrClFN3. The molecule has 0 fully saturated rings. The molecule has 18 heavy (non-hydrogen) atoms. The summed E-state index contributed by atoms with van der Waals surface area (Å²) in [6.07, 6.45) is 3.27. The minimum absolute atomic E-state index is 0.0386. The monoisotopic (exact) mass is 329 g/mol. The SMILES string of the molecule is NNC(c1cccnc1)c1ccc(Br)c(Cl)c1F. The van der Waals surface area contributed by atoms with Gasteiger partial charge in [0, 0.05) is 22.4 Å². The summed E-state index contributed by atoms with van der Waals surface area (Å²) in [5.41, 5.74) is 3.70. The van der Waals surface area contributed by atoms with E-state index < -0.39 is 11.9 Å². The lowest BCUT2D eigenvalue weighted by molar-refractivity contribution is 0.559. The van der Waals surface area contributed by atoms with Crippen molar-refractivity contribution in [3.8, 4) is 0 Å². The molecule has 94 valence electrons. The molecule has 3 nitrogen and oxygen atoms in total. The fourth-order valence-corrected chi connectivity index (χ4v) is 2.15. The summed E-state index contributed by atoms with van der Waals surface area (Å²) in [5, 5.41) is 0.0386. The number of rotatable bonds is 3. The van der Waals surface area contributed by atoms with Crippen molar-refractivity contribution in [2.75, 3.05) is 0 Å². The van der Waals surface area contributed by atoms with Crippen molar-refractivity contribution in [1.82, 2.24) is 10.4 Å². The first-order valence-corrected chi connectivity index (χ1v) is 6.31. The van der Waals surface area contributed by atoms with Crippen LogP contribution in [0.2, 0.25) is 5.02 Å². The highest BCUT2D eigenvalue weighted by atomic mass is 79.9. The van der Waals surface area contributed by atoms with Crippen LogP contribution in [-0.4, -0.2) is 4.98 Å². The normalized spacial score (nSPS) is 12.4. The number of halogens is 3. The average Bonchev–Trinajstić information content (AvgIpc) is 2.41. The maximum absolute atomic E-state index is 14.1. The second-order valence-corrected chi connectivity index (χ2v) is 4.88. The molecule has 0 spiro atoms. The van der Waals surface area contributed by atoms with E-state index in [9.17, 15) is 4.39 Å². The van der Waals surface area contributed by atoms with Gasteiger partial charge in [-0.2, -0.15) is 0 Å². The van der Waals surface area contributed by atoms with Gasteiger partial charge < -0.3 is 0 Å². The molecule has 1 aromatic heterocycles. The summed E-state index contributed by atoms with van der Waals surface area (Å²) in [7, 11) is 0. The maximum atomic E-state index is 14.1. The van der Waals surface area contributed by atoms with Crippen molar-refractivity contribution in [2.45, 2.75) is 6.04 Å². The first-order valence-electron chi connectivity index (χ1n) is 5.14. The van der Waals surface area contributed by atoms with Crippen molar-refractivity contribution >= 4 is 27.5 Å². The van der Waals surface area contributed by atoms with Gasteiger partial charge in [-0.3, -0.25) is 10.8 Å². The molecule has 0 saturated heterocycles. The molecule has 3 N–H and O–H groups in total. The second-order valence-electron chi connectivity index (χ2n) is 3.65. The van der Waals surface area contributed by atoms with Crippen LogP contribution in [0.3, 0.4) is 0 Å². The molecule has 1 unspecified atom stereocenters. The molecule has 2 aromatic rings. The largest absolute Gasteiger partial charge is 0.271 e. The Balaban J connectivity index is 2.50. The predicted molar refractivity (Wildman–Crippen MR) is 72.5 cm³/mol. The third-order valence-electron chi connectivity index (χ3n) is 2.56. The van der Waals surface area contributed by atoms with Crippen LogP contribution in [0.25, 0.3) is 0 Å². The van der Waals surface area contributed by atoms with E-state index in [1.807, 2.05) is 6.07 Å². The van der Waals surface area contributed by atoms with Crippen LogP contribution in [0.4, 0.5) is 4.39 Å². The summed E-state index contributed by atoms with van der Waals surface area (Å²) in [4.78, 5) is 3.99. The minimum atomic E-state index is -0.502. The van der Waals surface area contributed by atoms with Crippen molar-refractivity contribution in [3.05, 3.63) is 63.1 Å². The lowest BCUT2D eigenvalue weighted by Crippen LogP contribution is -2.29. The number of hydrazine groups is 1. The quantitative estimate of drug-likeness (QED) is 0.516. The molecule has 2 rings (SSSR count). The van der Waals surface area contributed by atoms with E-state index in [0.717, 1.165) is 5.56 Å². The summed E-state index contributed by atoms with van der Waals surface area (Å²) in [6, 6.07) is 6.39. The lowest BCUT2D eigenvalue weighted by Gasteiger charge is -2.18. The van der Waals surface area contributed by atoms with Crippen LogP contribution in [-0.2, 0) is 0 Å². The fraction of sp³-hybridized carbons (Fsp3) is 0.0833. The predicted octanol–water partition coefficient (Wildman–Crippen LogP) is 3.19. The van der Waals surface area contributed by atoms with Gasteiger partial charge in [-0.1, -0.05) is 23.7 Å². The first-order chi connectivity index (χ1) is 8.65. The van der Waals surface area contributed by atoms with E-state index in [1.54, 1.807) is 30.6 Å². The molecule has 0 radical (unpaired) electrons. The van der Waals surface area contributed by atoms with Crippen LogP contribution in [0.1, 0.15) is 17.2 Å². The van der Waals surface area contributed by atoms with Crippen LogP contribution >= 0.6 is 27.5 Å². The van der Waals surface area contributed by atoms with Crippen molar-refractivity contribution in [3.63, 3.8) is 0 Å². The third kappa shape index (κ3) is 2.54. The van der Waals surface area contributed by atoms with E-state index in [0.29, 0.717) is 10.0 Å². The van der Waals surface area contributed by atoms with Gasteiger partial charge >= 0.3 is 0 Å². The number of nitrogens with one attached hydrogen (secondary N) is 1. The Hall–Kier alpha value is -1.01. The standard InChI is InChI=1S/C12H10BrClFN3/c13-9-4-3-8(11(15)10(9)14)12(18-16)7-2-1-5-17-6-7/h1-6,12,18H,16H2. The highest BCUT2D eigenvalue weighted by Gasteiger charge is 2.19. The molecule has 0 saturated carbocycles. The van der Waals surface area contributed by atoms with Gasteiger partial charge in [-0.25, -0.2) is 9.82 Å². The zero-order valence-corrected chi connectivity index (χ0v) is 11.5. The van der Waals surface area contributed by atoms with Gasteiger partial charge in [0.1, 0.15) is 5.82 Å². The van der Waals surface area contributed by atoms with Gasteiger partial charge in [0.2, 0.25) is 0 Å². The molecule has 0 bridgehead atoms.